The third-order valence-corrected chi connectivity index (χ3v) is 2.29. The zero-order chi connectivity index (χ0) is 11.4. The Hall–Kier alpha value is -1.93. The Balaban J connectivity index is 3.47. The van der Waals surface area contributed by atoms with Crippen LogP contribution >= 0.6 is 0 Å². The lowest BCUT2D eigenvalue weighted by Crippen LogP contribution is -2.00. The minimum absolute atomic E-state index is 0.569. The van der Waals surface area contributed by atoms with E-state index in [4.69, 9.17) is 0 Å². The van der Waals surface area contributed by atoms with Gasteiger partial charge in [0.05, 0.1) is 5.69 Å². The van der Waals surface area contributed by atoms with Crippen LogP contribution in [-0.2, 0) is 9.59 Å². The van der Waals surface area contributed by atoms with E-state index in [-0.39, 0.29) is 0 Å². The SMILES string of the molecule is Cc1cc(C)c(NC=O)c(C)c1N=C=O. The number of nitrogens with one attached hydrogen (secondary N) is 1. The molecule has 4 heteroatoms. The molecule has 0 aliphatic heterocycles. The molecule has 0 saturated carbocycles. The van der Waals surface area contributed by atoms with Crippen LogP contribution in [0.2, 0.25) is 0 Å². The van der Waals surface area contributed by atoms with Gasteiger partial charge in [0.1, 0.15) is 0 Å². The van der Waals surface area contributed by atoms with E-state index in [1.807, 2.05) is 26.8 Å². The minimum atomic E-state index is 0.569. The number of carbonyl (C=O) groups excluding carboxylic acids is 2. The fourth-order valence-corrected chi connectivity index (χ4v) is 1.67. The number of carbonyl (C=O) groups is 1. The lowest BCUT2D eigenvalue weighted by Gasteiger charge is -2.12. The monoisotopic (exact) mass is 204 g/mol. The molecule has 0 aliphatic carbocycles. The number of anilines is 1. The van der Waals surface area contributed by atoms with Gasteiger partial charge >= 0.3 is 0 Å². The summed E-state index contributed by atoms with van der Waals surface area (Å²) in [7, 11) is 0. The maximum atomic E-state index is 10.4. The molecule has 4 nitrogen and oxygen atoms in total. The topological polar surface area (TPSA) is 58.5 Å². The number of isocyanates is 1. The molecule has 15 heavy (non-hydrogen) atoms. The Labute approximate surface area is 88.0 Å². The summed E-state index contributed by atoms with van der Waals surface area (Å²) in [5.41, 5.74) is 3.89. The molecule has 0 heterocycles. The normalized spacial score (nSPS) is 9.27. The summed E-state index contributed by atoms with van der Waals surface area (Å²) >= 11 is 0. The summed E-state index contributed by atoms with van der Waals surface area (Å²) < 4.78 is 0. The molecule has 0 spiro atoms. The molecular formula is C11H12N2O2. The lowest BCUT2D eigenvalue weighted by atomic mass is 10.0. The minimum Gasteiger partial charge on any atom is -0.328 e. The van der Waals surface area contributed by atoms with Crippen LogP contribution in [0.4, 0.5) is 11.4 Å². The van der Waals surface area contributed by atoms with E-state index < -0.39 is 0 Å². The van der Waals surface area contributed by atoms with Crippen LogP contribution in [0.25, 0.3) is 0 Å². The van der Waals surface area contributed by atoms with Crippen molar-refractivity contribution in [2.45, 2.75) is 20.8 Å². The van der Waals surface area contributed by atoms with Gasteiger partial charge in [-0.2, -0.15) is 4.99 Å². The molecular weight excluding hydrogens is 192 g/mol. The second-order valence-corrected chi connectivity index (χ2v) is 3.32. The number of rotatable bonds is 3. The van der Waals surface area contributed by atoms with Crippen LogP contribution in [0.5, 0.6) is 0 Å². The van der Waals surface area contributed by atoms with Crippen LogP contribution in [-0.4, -0.2) is 12.5 Å². The van der Waals surface area contributed by atoms with Gasteiger partial charge in [0.25, 0.3) is 0 Å². The first-order valence-corrected chi connectivity index (χ1v) is 4.50. The van der Waals surface area contributed by atoms with Gasteiger partial charge in [0.15, 0.2) is 0 Å². The Bertz CT molecular complexity index is 446. The van der Waals surface area contributed by atoms with Gasteiger partial charge in [-0.25, -0.2) is 4.79 Å². The van der Waals surface area contributed by atoms with Gasteiger partial charge in [-0.05, 0) is 37.5 Å². The van der Waals surface area contributed by atoms with Crippen LogP contribution in [0.15, 0.2) is 11.1 Å². The number of amides is 1. The highest BCUT2D eigenvalue weighted by Crippen LogP contribution is 2.32. The first-order chi connectivity index (χ1) is 7.11. The summed E-state index contributed by atoms with van der Waals surface area (Å²) in [5.74, 6) is 0. The van der Waals surface area contributed by atoms with Crippen molar-refractivity contribution in [3.8, 4) is 0 Å². The average Bonchev–Trinajstić information content (AvgIpc) is 2.19. The van der Waals surface area contributed by atoms with Crippen LogP contribution < -0.4 is 5.32 Å². The summed E-state index contributed by atoms with van der Waals surface area (Å²) in [6.45, 7) is 5.56. The second-order valence-electron chi connectivity index (χ2n) is 3.32. The predicted octanol–water partition coefficient (Wildman–Crippen LogP) is 2.15. The molecule has 1 rings (SSSR count). The van der Waals surface area contributed by atoms with Crippen molar-refractivity contribution in [3.63, 3.8) is 0 Å². The number of benzene rings is 1. The van der Waals surface area contributed by atoms with Crippen molar-refractivity contribution in [3.05, 3.63) is 22.8 Å². The largest absolute Gasteiger partial charge is 0.328 e. The maximum absolute atomic E-state index is 10.4. The van der Waals surface area contributed by atoms with Crippen molar-refractivity contribution in [2.24, 2.45) is 4.99 Å². The zero-order valence-electron chi connectivity index (χ0n) is 8.92. The van der Waals surface area contributed by atoms with Crippen molar-refractivity contribution >= 4 is 23.9 Å². The average molecular weight is 204 g/mol. The third kappa shape index (κ3) is 2.11. The summed E-state index contributed by atoms with van der Waals surface area (Å²) in [6, 6.07) is 1.87. The highest BCUT2D eigenvalue weighted by atomic mass is 16.1. The number of hydrogen-bond donors (Lipinski definition) is 1. The van der Waals surface area contributed by atoms with E-state index in [2.05, 4.69) is 10.3 Å². The zero-order valence-corrected chi connectivity index (χ0v) is 8.92. The molecule has 0 bridgehead atoms. The highest BCUT2D eigenvalue weighted by molar-refractivity contribution is 5.80. The Kier molecular flexibility index (Phi) is 3.37. The van der Waals surface area contributed by atoms with Gasteiger partial charge in [-0.1, -0.05) is 6.07 Å². The molecule has 0 fully saturated rings. The quantitative estimate of drug-likeness (QED) is 0.466. The van der Waals surface area contributed by atoms with Crippen LogP contribution in [0, 0.1) is 20.8 Å². The molecule has 0 aromatic heterocycles. The summed E-state index contributed by atoms with van der Waals surface area (Å²) in [4.78, 5) is 24.3. The Morgan fingerprint density at radius 3 is 2.53 bits per heavy atom. The Morgan fingerprint density at radius 2 is 2.00 bits per heavy atom. The highest BCUT2D eigenvalue weighted by Gasteiger charge is 2.09. The molecule has 0 saturated heterocycles. The summed E-state index contributed by atoms with van der Waals surface area (Å²) in [6.07, 6.45) is 2.12. The number of aryl methyl sites for hydroxylation is 2. The maximum Gasteiger partial charge on any atom is 0.240 e. The third-order valence-electron chi connectivity index (χ3n) is 2.29. The number of nitrogens with zero attached hydrogens (tertiary/aromatic N) is 1. The first kappa shape index (κ1) is 11.1. The van der Waals surface area contributed by atoms with Crippen molar-refractivity contribution in [1.82, 2.24) is 0 Å². The first-order valence-electron chi connectivity index (χ1n) is 4.50. The van der Waals surface area contributed by atoms with E-state index in [1.54, 1.807) is 0 Å². The molecule has 1 aromatic rings. The number of hydrogen-bond acceptors (Lipinski definition) is 3. The van der Waals surface area contributed by atoms with Crippen molar-refractivity contribution in [1.29, 1.82) is 0 Å². The molecule has 1 amide bonds. The van der Waals surface area contributed by atoms with Gasteiger partial charge in [-0.15, -0.1) is 0 Å². The lowest BCUT2D eigenvalue weighted by molar-refractivity contribution is -0.105. The molecule has 1 aromatic carbocycles. The molecule has 0 radical (unpaired) electrons. The fourth-order valence-electron chi connectivity index (χ4n) is 1.67. The molecule has 0 aliphatic rings. The predicted molar refractivity (Wildman–Crippen MR) is 58.1 cm³/mol. The molecule has 1 N–H and O–H groups in total. The van der Waals surface area contributed by atoms with Crippen LogP contribution in [0.1, 0.15) is 16.7 Å². The van der Waals surface area contributed by atoms with E-state index in [0.29, 0.717) is 17.8 Å². The van der Waals surface area contributed by atoms with Crippen molar-refractivity contribution < 1.29 is 9.59 Å². The van der Waals surface area contributed by atoms with Gasteiger partial charge in [0.2, 0.25) is 12.5 Å². The van der Waals surface area contributed by atoms with E-state index in [1.165, 1.54) is 6.08 Å². The van der Waals surface area contributed by atoms with Crippen LogP contribution in [0.3, 0.4) is 0 Å². The summed E-state index contributed by atoms with van der Waals surface area (Å²) in [5, 5.41) is 2.60. The van der Waals surface area contributed by atoms with E-state index in [0.717, 1.165) is 16.7 Å². The standard InChI is InChI=1S/C11H12N2O2/c1-7-4-8(2)11(13-6-15)9(3)10(7)12-5-14/h4-5H,1-3H3,(H,12,14). The van der Waals surface area contributed by atoms with E-state index in [9.17, 15) is 9.59 Å². The van der Waals surface area contributed by atoms with E-state index >= 15 is 0 Å². The van der Waals surface area contributed by atoms with Gasteiger partial charge in [0, 0.05) is 5.69 Å². The Morgan fingerprint density at radius 1 is 1.33 bits per heavy atom. The number of aliphatic imine (C=N–C) groups is 1. The molecule has 0 atom stereocenters. The van der Waals surface area contributed by atoms with Gasteiger partial charge < -0.3 is 5.32 Å². The van der Waals surface area contributed by atoms with Gasteiger partial charge in [-0.3, -0.25) is 4.79 Å². The second kappa shape index (κ2) is 4.53. The van der Waals surface area contributed by atoms with Crippen molar-refractivity contribution in [2.75, 3.05) is 5.32 Å². The fraction of sp³-hybridized carbons (Fsp3) is 0.273. The molecule has 0 unspecified atom stereocenters. The molecule has 78 valence electrons. The smallest absolute Gasteiger partial charge is 0.240 e.